The molecular formula is C29H26N2O3. The number of ether oxygens (including phenoxy) is 2. The number of phenols is 1. The molecule has 0 spiro atoms. The lowest BCUT2D eigenvalue weighted by Crippen LogP contribution is -2.38. The van der Waals surface area contributed by atoms with Crippen molar-refractivity contribution in [3.05, 3.63) is 95.6 Å². The quantitative estimate of drug-likeness (QED) is 0.411. The van der Waals surface area contributed by atoms with E-state index in [1.807, 2.05) is 36.4 Å². The van der Waals surface area contributed by atoms with Crippen molar-refractivity contribution in [1.82, 2.24) is 4.98 Å². The highest BCUT2D eigenvalue weighted by atomic mass is 16.5. The van der Waals surface area contributed by atoms with Crippen LogP contribution in [0.15, 0.2) is 83.9 Å². The van der Waals surface area contributed by atoms with Crippen molar-refractivity contribution in [2.45, 2.75) is 38.8 Å². The van der Waals surface area contributed by atoms with E-state index < -0.39 is 0 Å². The van der Waals surface area contributed by atoms with Crippen LogP contribution in [0, 0.1) is 5.41 Å². The van der Waals surface area contributed by atoms with Gasteiger partial charge in [0.05, 0.1) is 6.04 Å². The van der Waals surface area contributed by atoms with Crippen molar-refractivity contribution < 1.29 is 14.6 Å². The molecule has 170 valence electrons. The Labute approximate surface area is 198 Å². The molecule has 1 aliphatic heterocycles. The van der Waals surface area contributed by atoms with Gasteiger partial charge in [-0.3, -0.25) is 0 Å². The lowest BCUT2D eigenvalue weighted by atomic mass is 9.80. The van der Waals surface area contributed by atoms with Gasteiger partial charge in [0, 0.05) is 22.4 Å². The lowest BCUT2D eigenvalue weighted by molar-refractivity contribution is 0.0676. The fraction of sp³-hybridized carbons (Fsp3) is 0.241. The predicted molar refractivity (Wildman–Crippen MR) is 133 cm³/mol. The molecule has 0 saturated carbocycles. The molecule has 0 amide bonds. The van der Waals surface area contributed by atoms with Gasteiger partial charge in [-0.25, -0.2) is 9.98 Å². The summed E-state index contributed by atoms with van der Waals surface area (Å²) in [6.07, 6.45) is 1.87. The number of benzene rings is 3. The number of para-hydroxylation sites is 1. The summed E-state index contributed by atoms with van der Waals surface area (Å²) in [6, 6.07) is 25.5. The van der Waals surface area contributed by atoms with E-state index in [2.05, 4.69) is 43.1 Å². The average molecular weight is 451 g/mol. The highest BCUT2D eigenvalue weighted by molar-refractivity contribution is 5.96. The van der Waals surface area contributed by atoms with Crippen LogP contribution in [0.25, 0.3) is 10.9 Å². The van der Waals surface area contributed by atoms with Crippen LogP contribution in [0.3, 0.4) is 0 Å². The van der Waals surface area contributed by atoms with Gasteiger partial charge in [0.15, 0.2) is 0 Å². The molecule has 5 heteroatoms. The number of aromatic nitrogens is 1. The van der Waals surface area contributed by atoms with E-state index in [4.69, 9.17) is 14.5 Å². The summed E-state index contributed by atoms with van der Waals surface area (Å²) in [6.45, 7) is 4.54. The molecule has 5 nitrogen and oxygen atoms in total. The Hall–Kier alpha value is -3.86. The zero-order chi connectivity index (χ0) is 23.3. The summed E-state index contributed by atoms with van der Waals surface area (Å²) in [5.41, 5.74) is 4.12. The molecule has 34 heavy (non-hydrogen) atoms. The van der Waals surface area contributed by atoms with Gasteiger partial charge in [-0.05, 0) is 54.3 Å². The highest BCUT2D eigenvalue weighted by Crippen LogP contribution is 2.40. The first kappa shape index (κ1) is 20.7. The minimum Gasteiger partial charge on any atom is -0.506 e. The third kappa shape index (κ3) is 3.67. The number of aliphatic imine (C=N–C) groups is 1. The van der Waals surface area contributed by atoms with Crippen molar-refractivity contribution in [3.8, 4) is 17.4 Å². The predicted octanol–water partition coefficient (Wildman–Crippen LogP) is 6.07. The number of rotatable bonds is 3. The van der Waals surface area contributed by atoms with Gasteiger partial charge >= 0.3 is 0 Å². The fourth-order valence-corrected chi connectivity index (χ4v) is 5.15. The van der Waals surface area contributed by atoms with Gasteiger partial charge in [0.1, 0.15) is 23.1 Å². The second kappa shape index (κ2) is 7.87. The van der Waals surface area contributed by atoms with Crippen molar-refractivity contribution in [1.29, 1.82) is 0 Å². The van der Waals surface area contributed by atoms with Crippen molar-refractivity contribution in [3.63, 3.8) is 0 Å². The number of hydrogen-bond acceptors (Lipinski definition) is 5. The molecule has 2 aliphatic rings. The van der Waals surface area contributed by atoms with E-state index in [0.29, 0.717) is 23.0 Å². The first-order chi connectivity index (χ1) is 16.5. The number of hydrogen-bond donors (Lipinski definition) is 1. The third-order valence-electron chi connectivity index (χ3n) is 6.81. The third-order valence-corrected chi connectivity index (χ3v) is 6.81. The van der Waals surface area contributed by atoms with Crippen LogP contribution in [0.4, 0.5) is 0 Å². The molecule has 3 aromatic carbocycles. The Morgan fingerprint density at radius 1 is 0.941 bits per heavy atom. The molecule has 0 bridgehead atoms. The normalized spacial score (nSPS) is 20.6. The van der Waals surface area contributed by atoms with Crippen LogP contribution in [-0.4, -0.2) is 28.1 Å². The fourth-order valence-electron chi connectivity index (χ4n) is 5.15. The first-order valence-corrected chi connectivity index (χ1v) is 11.6. The summed E-state index contributed by atoms with van der Waals surface area (Å²) in [7, 11) is 0. The number of nitrogens with zero attached hydrogens (tertiary/aromatic N) is 2. The molecule has 0 radical (unpaired) electrons. The van der Waals surface area contributed by atoms with Gasteiger partial charge in [-0.2, -0.15) is 0 Å². The number of phenolic OH excluding ortho intramolecular Hbond substituents is 1. The smallest absolute Gasteiger partial charge is 0.219 e. The topological polar surface area (TPSA) is 63.9 Å². The standard InChI is InChI=1S/C29H26N2O3/c1-29(2)17-21-8-4-3-7-19(21)16-23-27(29)34-28(30-23)20-10-5-11-22(15-20)33-25-14-13-18-9-6-12-24(32)26(18)31-25/h3-15,23,27,32H,16-17H2,1-2H3/t23-,27-/m0/s1. The second-order valence-corrected chi connectivity index (χ2v) is 9.81. The molecule has 2 atom stereocenters. The highest BCUT2D eigenvalue weighted by Gasteiger charge is 2.45. The zero-order valence-corrected chi connectivity index (χ0v) is 19.2. The van der Waals surface area contributed by atoms with E-state index >= 15 is 0 Å². The number of pyridine rings is 1. The summed E-state index contributed by atoms with van der Waals surface area (Å²) < 4.78 is 12.5. The van der Waals surface area contributed by atoms with Gasteiger partial charge in [0.2, 0.25) is 11.8 Å². The maximum absolute atomic E-state index is 10.1. The van der Waals surface area contributed by atoms with E-state index in [1.165, 1.54) is 11.1 Å². The summed E-state index contributed by atoms with van der Waals surface area (Å²) in [4.78, 5) is 9.50. The SMILES string of the molecule is CC1(C)Cc2ccccc2C[C@@H]2N=C(c3cccc(Oc4ccc5cccc(O)c5n4)c3)O[C@@H]21. The van der Waals surface area contributed by atoms with Gasteiger partial charge in [0.25, 0.3) is 0 Å². The Kier molecular flexibility index (Phi) is 4.80. The Morgan fingerprint density at radius 2 is 1.76 bits per heavy atom. The molecule has 4 aromatic rings. The number of aromatic hydroxyl groups is 1. The molecule has 1 aromatic heterocycles. The van der Waals surface area contributed by atoms with E-state index in [0.717, 1.165) is 23.8 Å². The Balaban J connectivity index is 1.28. The molecule has 2 heterocycles. The average Bonchev–Trinajstić information content (AvgIpc) is 3.22. The minimum absolute atomic E-state index is 0.0182. The molecule has 0 unspecified atom stereocenters. The van der Waals surface area contributed by atoms with Crippen LogP contribution < -0.4 is 4.74 Å². The van der Waals surface area contributed by atoms with Crippen molar-refractivity contribution in [2.24, 2.45) is 10.4 Å². The Morgan fingerprint density at radius 3 is 2.65 bits per heavy atom. The zero-order valence-electron chi connectivity index (χ0n) is 19.2. The molecule has 0 saturated heterocycles. The van der Waals surface area contributed by atoms with E-state index in [-0.39, 0.29) is 23.3 Å². The van der Waals surface area contributed by atoms with Gasteiger partial charge < -0.3 is 14.6 Å². The van der Waals surface area contributed by atoms with Gasteiger partial charge in [-0.1, -0.05) is 56.3 Å². The molecule has 6 rings (SSSR count). The summed E-state index contributed by atoms with van der Waals surface area (Å²) in [5.74, 6) is 1.86. The van der Waals surface area contributed by atoms with Crippen LogP contribution in [0.1, 0.15) is 30.5 Å². The lowest BCUT2D eigenvalue weighted by Gasteiger charge is -2.31. The minimum atomic E-state index is -0.0341. The van der Waals surface area contributed by atoms with Crippen LogP contribution in [0.5, 0.6) is 17.4 Å². The van der Waals surface area contributed by atoms with Crippen LogP contribution >= 0.6 is 0 Å². The summed E-state index contributed by atoms with van der Waals surface area (Å²) in [5, 5.41) is 11.0. The van der Waals surface area contributed by atoms with Gasteiger partial charge in [-0.15, -0.1) is 0 Å². The molecule has 1 aliphatic carbocycles. The maximum atomic E-state index is 10.1. The second-order valence-electron chi connectivity index (χ2n) is 9.81. The summed E-state index contributed by atoms with van der Waals surface area (Å²) >= 11 is 0. The number of fused-ring (bicyclic) bond motifs is 3. The van der Waals surface area contributed by atoms with Crippen molar-refractivity contribution >= 4 is 16.8 Å². The van der Waals surface area contributed by atoms with Crippen LogP contribution in [0.2, 0.25) is 0 Å². The monoisotopic (exact) mass is 450 g/mol. The van der Waals surface area contributed by atoms with Crippen molar-refractivity contribution in [2.75, 3.05) is 0 Å². The van der Waals surface area contributed by atoms with Crippen LogP contribution in [-0.2, 0) is 17.6 Å². The first-order valence-electron chi connectivity index (χ1n) is 11.6. The molecule has 0 fully saturated rings. The molecule has 1 N–H and O–H groups in total. The largest absolute Gasteiger partial charge is 0.506 e. The van der Waals surface area contributed by atoms with E-state index in [1.54, 1.807) is 18.2 Å². The van der Waals surface area contributed by atoms with E-state index in [9.17, 15) is 5.11 Å². The Bertz CT molecular complexity index is 1430. The maximum Gasteiger partial charge on any atom is 0.219 e. The molecular weight excluding hydrogens is 424 g/mol.